The van der Waals surface area contributed by atoms with Crippen LogP contribution in [0.5, 0.6) is 0 Å². The van der Waals surface area contributed by atoms with E-state index < -0.39 is 0 Å². The minimum atomic E-state index is -0.243. The highest BCUT2D eigenvalue weighted by molar-refractivity contribution is 6.43. The Hall–Kier alpha value is -1.64. The first-order valence-corrected chi connectivity index (χ1v) is 3.46. The Kier molecular flexibility index (Phi) is 5.26. The zero-order chi connectivity index (χ0) is 9.40. The molecule has 0 atom stereocenters. The molecule has 0 aromatic heterocycles. The first kappa shape index (κ1) is 10.4. The highest BCUT2D eigenvalue weighted by Gasteiger charge is 2.02. The van der Waals surface area contributed by atoms with Crippen molar-refractivity contribution in [1.82, 2.24) is 5.32 Å². The van der Waals surface area contributed by atoms with E-state index in [1.807, 2.05) is 0 Å². The van der Waals surface area contributed by atoms with E-state index in [9.17, 15) is 4.79 Å². The van der Waals surface area contributed by atoms with Crippen molar-refractivity contribution < 1.29 is 4.79 Å². The fourth-order valence-electron chi connectivity index (χ4n) is 0.563. The summed E-state index contributed by atoms with van der Waals surface area (Å²) < 4.78 is 0. The van der Waals surface area contributed by atoms with Crippen LogP contribution in [0.25, 0.3) is 0 Å². The molecule has 1 N–H and O–H groups in total. The van der Waals surface area contributed by atoms with Crippen LogP contribution in [0.15, 0.2) is 42.6 Å². The molecule has 0 aromatic carbocycles. The van der Waals surface area contributed by atoms with Crippen molar-refractivity contribution in [2.75, 3.05) is 7.05 Å². The summed E-state index contributed by atoms with van der Waals surface area (Å²) in [6, 6.07) is 0. The van der Waals surface area contributed by atoms with Gasteiger partial charge in [0.25, 0.3) is 5.91 Å². The molecule has 0 aliphatic carbocycles. The maximum Gasteiger partial charge on any atom is 0.269 e. The Labute approximate surface area is 72.2 Å². The maximum atomic E-state index is 11.0. The second-order valence-electron chi connectivity index (χ2n) is 1.87. The zero-order valence-corrected chi connectivity index (χ0v) is 7.08. The van der Waals surface area contributed by atoms with Crippen LogP contribution < -0.4 is 5.32 Å². The summed E-state index contributed by atoms with van der Waals surface area (Å²) in [4.78, 5) is 14.8. The van der Waals surface area contributed by atoms with Gasteiger partial charge in [0.1, 0.15) is 5.71 Å². The van der Waals surface area contributed by atoms with Crippen LogP contribution in [0, 0.1) is 0 Å². The summed E-state index contributed by atoms with van der Waals surface area (Å²) in [6.07, 6.45) is 6.09. The van der Waals surface area contributed by atoms with Gasteiger partial charge in [-0.2, -0.15) is 0 Å². The van der Waals surface area contributed by atoms with Gasteiger partial charge in [-0.25, -0.2) is 0 Å². The van der Waals surface area contributed by atoms with Crippen LogP contribution in [0.2, 0.25) is 0 Å². The van der Waals surface area contributed by atoms with Gasteiger partial charge in [-0.05, 0) is 6.08 Å². The molecule has 0 bridgehead atoms. The second-order valence-corrected chi connectivity index (χ2v) is 1.87. The van der Waals surface area contributed by atoms with Crippen LogP contribution in [0.1, 0.15) is 0 Å². The summed E-state index contributed by atoms with van der Waals surface area (Å²) in [7, 11) is 1.54. The first-order chi connectivity index (χ1) is 5.76. The zero-order valence-electron chi connectivity index (χ0n) is 7.08. The smallest absolute Gasteiger partial charge is 0.269 e. The molecule has 0 rings (SSSR count). The standard InChI is InChI=1S/C9H12N2O/c1-4-6-7-8(11-5-2)9(12)10-3/h4-7H,1-2H2,3H3,(H,10,12)/b7-6-,11-8?. The van der Waals surface area contributed by atoms with Crippen LogP contribution in [-0.4, -0.2) is 18.7 Å². The predicted octanol–water partition coefficient (Wildman–Crippen LogP) is 1.06. The Bertz CT molecular complexity index is 239. The van der Waals surface area contributed by atoms with Gasteiger partial charge in [0, 0.05) is 13.2 Å². The summed E-state index contributed by atoms with van der Waals surface area (Å²) in [6.45, 7) is 6.88. The average molecular weight is 164 g/mol. The Morgan fingerprint density at radius 1 is 1.50 bits per heavy atom. The molecule has 0 aliphatic rings. The topological polar surface area (TPSA) is 41.5 Å². The van der Waals surface area contributed by atoms with Gasteiger partial charge in [0.2, 0.25) is 0 Å². The van der Waals surface area contributed by atoms with Crippen molar-refractivity contribution in [2.24, 2.45) is 4.99 Å². The molecule has 12 heavy (non-hydrogen) atoms. The molecule has 0 saturated heterocycles. The molecule has 0 aliphatic heterocycles. The molecule has 64 valence electrons. The van der Waals surface area contributed by atoms with Crippen molar-refractivity contribution in [3.8, 4) is 0 Å². The maximum absolute atomic E-state index is 11.0. The Morgan fingerprint density at radius 3 is 2.58 bits per heavy atom. The van der Waals surface area contributed by atoms with Crippen molar-refractivity contribution in [3.05, 3.63) is 37.6 Å². The summed E-state index contributed by atoms with van der Waals surface area (Å²) in [5.41, 5.74) is 0.312. The summed E-state index contributed by atoms with van der Waals surface area (Å²) >= 11 is 0. The van der Waals surface area contributed by atoms with Gasteiger partial charge in [-0.15, -0.1) is 0 Å². The minimum Gasteiger partial charge on any atom is -0.354 e. The highest BCUT2D eigenvalue weighted by atomic mass is 16.1. The van der Waals surface area contributed by atoms with E-state index in [4.69, 9.17) is 0 Å². The number of allylic oxidation sites excluding steroid dienone is 2. The van der Waals surface area contributed by atoms with Gasteiger partial charge >= 0.3 is 0 Å². The predicted molar refractivity (Wildman–Crippen MR) is 51.0 cm³/mol. The van der Waals surface area contributed by atoms with E-state index in [2.05, 4.69) is 23.5 Å². The number of hydrogen-bond acceptors (Lipinski definition) is 2. The molecule has 0 fully saturated rings. The molecule has 3 nitrogen and oxygen atoms in total. The fourth-order valence-corrected chi connectivity index (χ4v) is 0.563. The summed E-state index contributed by atoms with van der Waals surface area (Å²) in [5, 5.41) is 2.46. The molecule has 0 aromatic rings. The molecule has 0 spiro atoms. The third-order valence-corrected chi connectivity index (χ3v) is 1.08. The largest absolute Gasteiger partial charge is 0.354 e. The van der Waals surface area contributed by atoms with Crippen molar-refractivity contribution in [2.45, 2.75) is 0 Å². The van der Waals surface area contributed by atoms with Crippen LogP contribution in [0.3, 0.4) is 0 Å². The highest BCUT2D eigenvalue weighted by Crippen LogP contribution is 1.85. The van der Waals surface area contributed by atoms with Crippen molar-refractivity contribution >= 4 is 11.6 Å². The second kappa shape index (κ2) is 6.09. The van der Waals surface area contributed by atoms with E-state index in [0.717, 1.165) is 0 Å². The third-order valence-electron chi connectivity index (χ3n) is 1.08. The molecular formula is C9H12N2O. The number of carbonyl (C=O) groups is 1. The Morgan fingerprint density at radius 2 is 2.17 bits per heavy atom. The fraction of sp³-hybridized carbons (Fsp3) is 0.111. The number of nitrogens with one attached hydrogen (secondary N) is 1. The number of aliphatic imine (C=N–C) groups is 1. The number of amides is 1. The number of carbonyl (C=O) groups excluding carboxylic acids is 1. The minimum absolute atomic E-state index is 0.243. The monoisotopic (exact) mass is 164 g/mol. The number of rotatable bonds is 4. The van der Waals surface area contributed by atoms with Crippen LogP contribution in [-0.2, 0) is 4.79 Å². The SMILES string of the molecule is C=C/C=C\C(=NC=C)C(=O)NC. The molecule has 1 amide bonds. The lowest BCUT2D eigenvalue weighted by Gasteiger charge is -1.96. The van der Waals surface area contributed by atoms with Gasteiger partial charge in [-0.1, -0.05) is 25.3 Å². The molecule has 0 heterocycles. The number of nitrogens with zero attached hydrogens (tertiary/aromatic N) is 1. The van der Waals surface area contributed by atoms with Gasteiger partial charge < -0.3 is 5.32 Å². The Balaban J connectivity index is 4.54. The molecule has 0 radical (unpaired) electrons. The van der Waals surface area contributed by atoms with Crippen LogP contribution in [0.4, 0.5) is 0 Å². The lowest BCUT2D eigenvalue weighted by Crippen LogP contribution is -2.25. The lowest BCUT2D eigenvalue weighted by atomic mass is 10.3. The van der Waals surface area contributed by atoms with Crippen molar-refractivity contribution in [3.63, 3.8) is 0 Å². The quantitative estimate of drug-likeness (QED) is 0.490. The van der Waals surface area contributed by atoms with E-state index in [0.29, 0.717) is 5.71 Å². The summed E-state index contributed by atoms with van der Waals surface area (Å²) in [5.74, 6) is -0.243. The molecule has 3 heteroatoms. The molecule has 0 saturated carbocycles. The van der Waals surface area contributed by atoms with E-state index >= 15 is 0 Å². The molecule has 0 unspecified atom stereocenters. The van der Waals surface area contributed by atoms with Gasteiger partial charge in [0.15, 0.2) is 0 Å². The van der Waals surface area contributed by atoms with Crippen molar-refractivity contribution in [1.29, 1.82) is 0 Å². The van der Waals surface area contributed by atoms with Gasteiger partial charge in [-0.3, -0.25) is 9.79 Å². The first-order valence-electron chi connectivity index (χ1n) is 3.46. The van der Waals surface area contributed by atoms with E-state index in [-0.39, 0.29) is 5.91 Å². The van der Waals surface area contributed by atoms with E-state index in [1.165, 1.54) is 6.20 Å². The third kappa shape index (κ3) is 3.51. The molecular weight excluding hydrogens is 152 g/mol. The average Bonchev–Trinajstić information content (AvgIpc) is 2.11. The number of hydrogen-bond donors (Lipinski definition) is 1. The van der Waals surface area contributed by atoms with E-state index in [1.54, 1.807) is 25.3 Å². The lowest BCUT2D eigenvalue weighted by molar-refractivity contribution is -0.114. The normalized spacial score (nSPS) is 11.2. The van der Waals surface area contributed by atoms with Crippen LogP contribution >= 0.6 is 0 Å². The van der Waals surface area contributed by atoms with Gasteiger partial charge in [0.05, 0.1) is 0 Å².